The third-order valence-corrected chi connectivity index (χ3v) is 4.42. The van der Waals surface area contributed by atoms with Crippen LogP contribution in [-0.2, 0) is 5.60 Å². The second kappa shape index (κ2) is 3.91. The van der Waals surface area contributed by atoms with E-state index in [0.29, 0.717) is 5.92 Å². The Morgan fingerprint density at radius 3 is 2.93 bits per heavy atom. The molecule has 1 nitrogen and oxygen atoms in total. The standard InChI is InChI=1S/C13H17BrO/c1-3-5-10-8-13(10,15)11-7-4-6-9(2)12(11)14/h4,6-7,10,15H,3,5,8H2,1-2H3. The average molecular weight is 269 g/mol. The van der Waals surface area contributed by atoms with Gasteiger partial charge in [-0.15, -0.1) is 0 Å². The molecule has 0 heterocycles. The highest BCUT2D eigenvalue weighted by atomic mass is 79.9. The van der Waals surface area contributed by atoms with E-state index in [9.17, 15) is 5.11 Å². The molecular weight excluding hydrogens is 252 g/mol. The van der Waals surface area contributed by atoms with E-state index in [1.165, 1.54) is 5.56 Å². The molecule has 0 amide bonds. The molecule has 1 saturated carbocycles. The van der Waals surface area contributed by atoms with Gasteiger partial charge in [-0.3, -0.25) is 0 Å². The summed E-state index contributed by atoms with van der Waals surface area (Å²) in [4.78, 5) is 0. The molecule has 2 heteroatoms. The van der Waals surface area contributed by atoms with Crippen LogP contribution in [0.15, 0.2) is 22.7 Å². The van der Waals surface area contributed by atoms with E-state index in [1.54, 1.807) is 0 Å². The van der Waals surface area contributed by atoms with E-state index in [0.717, 1.165) is 29.3 Å². The Morgan fingerprint density at radius 2 is 2.27 bits per heavy atom. The molecule has 0 spiro atoms. The van der Waals surface area contributed by atoms with E-state index in [-0.39, 0.29) is 0 Å². The number of hydrogen-bond donors (Lipinski definition) is 1. The van der Waals surface area contributed by atoms with Crippen LogP contribution in [0, 0.1) is 12.8 Å². The van der Waals surface area contributed by atoms with Gasteiger partial charge < -0.3 is 5.11 Å². The summed E-state index contributed by atoms with van der Waals surface area (Å²) < 4.78 is 1.08. The molecule has 1 N–H and O–H groups in total. The zero-order chi connectivity index (χ0) is 11.1. The van der Waals surface area contributed by atoms with Gasteiger partial charge in [0.05, 0.1) is 5.60 Å². The van der Waals surface area contributed by atoms with Crippen LogP contribution >= 0.6 is 15.9 Å². The van der Waals surface area contributed by atoms with Crippen molar-refractivity contribution < 1.29 is 5.11 Å². The SMILES string of the molecule is CCCC1CC1(O)c1cccc(C)c1Br. The molecular formula is C13H17BrO. The molecule has 0 aliphatic heterocycles. The van der Waals surface area contributed by atoms with Crippen molar-refractivity contribution in [3.63, 3.8) is 0 Å². The monoisotopic (exact) mass is 268 g/mol. The highest BCUT2D eigenvalue weighted by Crippen LogP contribution is 2.56. The Hall–Kier alpha value is -0.340. The van der Waals surface area contributed by atoms with Crippen LogP contribution in [0.2, 0.25) is 0 Å². The number of aryl methyl sites for hydroxylation is 1. The Morgan fingerprint density at radius 1 is 1.53 bits per heavy atom. The van der Waals surface area contributed by atoms with Crippen molar-refractivity contribution in [3.05, 3.63) is 33.8 Å². The average Bonchev–Trinajstić information content (AvgIpc) is 2.83. The summed E-state index contributed by atoms with van der Waals surface area (Å²) in [6, 6.07) is 6.12. The lowest BCUT2D eigenvalue weighted by atomic mass is 10.0. The first-order valence-electron chi connectivity index (χ1n) is 5.57. The molecule has 82 valence electrons. The zero-order valence-corrected chi connectivity index (χ0v) is 10.8. The molecule has 15 heavy (non-hydrogen) atoms. The lowest BCUT2D eigenvalue weighted by molar-refractivity contribution is 0.128. The van der Waals surface area contributed by atoms with E-state index in [2.05, 4.69) is 35.8 Å². The minimum atomic E-state index is -0.555. The van der Waals surface area contributed by atoms with Crippen LogP contribution in [0.1, 0.15) is 37.3 Å². The summed E-state index contributed by atoms with van der Waals surface area (Å²) in [5.74, 6) is 0.459. The summed E-state index contributed by atoms with van der Waals surface area (Å²) in [6.45, 7) is 4.23. The van der Waals surface area contributed by atoms with Crippen LogP contribution in [0.3, 0.4) is 0 Å². The first-order valence-corrected chi connectivity index (χ1v) is 6.37. The van der Waals surface area contributed by atoms with Crippen molar-refractivity contribution in [1.29, 1.82) is 0 Å². The summed E-state index contributed by atoms with van der Waals surface area (Å²) >= 11 is 3.57. The molecule has 0 bridgehead atoms. The summed E-state index contributed by atoms with van der Waals surface area (Å²) in [6.07, 6.45) is 3.19. The maximum atomic E-state index is 10.5. The lowest BCUT2D eigenvalue weighted by Crippen LogP contribution is -2.10. The second-order valence-electron chi connectivity index (χ2n) is 4.55. The van der Waals surface area contributed by atoms with Crippen molar-refractivity contribution in [1.82, 2.24) is 0 Å². The molecule has 1 aliphatic rings. The Balaban J connectivity index is 2.28. The molecule has 1 aromatic carbocycles. The van der Waals surface area contributed by atoms with Gasteiger partial charge in [0, 0.05) is 4.47 Å². The topological polar surface area (TPSA) is 20.2 Å². The number of benzene rings is 1. The van der Waals surface area contributed by atoms with Gasteiger partial charge in [0.25, 0.3) is 0 Å². The van der Waals surface area contributed by atoms with Crippen LogP contribution in [0.25, 0.3) is 0 Å². The first-order chi connectivity index (χ1) is 7.09. The molecule has 0 radical (unpaired) electrons. The molecule has 1 aromatic rings. The maximum Gasteiger partial charge on any atom is 0.0940 e. The quantitative estimate of drug-likeness (QED) is 0.885. The van der Waals surface area contributed by atoms with Crippen LogP contribution in [0.4, 0.5) is 0 Å². The minimum absolute atomic E-state index is 0.459. The summed E-state index contributed by atoms with van der Waals surface area (Å²) in [7, 11) is 0. The molecule has 0 aromatic heterocycles. The predicted molar refractivity (Wildman–Crippen MR) is 65.8 cm³/mol. The fourth-order valence-electron chi connectivity index (χ4n) is 2.32. The highest BCUT2D eigenvalue weighted by molar-refractivity contribution is 9.10. The summed E-state index contributed by atoms with van der Waals surface area (Å²) in [5.41, 5.74) is 1.71. The largest absolute Gasteiger partial charge is 0.385 e. The van der Waals surface area contributed by atoms with Crippen LogP contribution < -0.4 is 0 Å². The second-order valence-corrected chi connectivity index (χ2v) is 5.34. The van der Waals surface area contributed by atoms with Crippen molar-refractivity contribution >= 4 is 15.9 Å². The molecule has 2 atom stereocenters. The van der Waals surface area contributed by atoms with Crippen molar-refractivity contribution in [3.8, 4) is 0 Å². The molecule has 1 fully saturated rings. The van der Waals surface area contributed by atoms with E-state index in [1.807, 2.05) is 12.1 Å². The van der Waals surface area contributed by atoms with E-state index < -0.39 is 5.60 Å². The summed E-state index contributed by atoms with van der Waals surface area (Å²) in [5, 5.41) is 10.5. The minimum Gasteiger partial charge on any atom is -0.385 e. The fourth-order valence-corrected chi connectivity index (χ4v) is 2.93. The third-order valence-electron chi connectivity index (χ3n) is 3.37. The fraction of sp³-hybridized carbons (Fsp3) is 0.538. The van der Waals surface area contributed by atoms with Gasteiger partial charge in [-0.1, -0.05) is 47.5 Å². The normalized spacial score (nSPS) is 29.2. The number of rotatable bonds is 3. The van der Waals surface area contributed by atoms with Gasteiger partial charge in [-0.25, -0.2) is 0 Å². The van der Waals surface area contributed by atoms with Gasteiger partial charge in [-0.05, 0) is 36.8 Å². The van der Waals surface area contributed by atoms with Gasteiger partial charge in [-0.2, -0.15) is 0 Å². The number of hydrogen-bond acceptors (Lipinski definition) is 1. The Bertz CT molecular complexity index is 375. The molecule has 2 rings (SSSR count). The zero-order valence-electron chi connectivity index (χ0n) is 9.26. The van der Waals surface area contributed by atoms with Crippen molar-refractivity contribution in [2.45, 2.75) is 38.7 Å². The smallest absolute Gasteiger partial charge is 0.0940 e. The number of halogens is 1. The highest BCUT2D eigenvalue weighted by Gasteiger charge is 2.54. The predicted octanol–water partition coefficient (Wildman–Crippen LogP) is 3.77. The van der Waals surface area contributed by atoms with E-state index >= 15 is 0 Å². The Labute approximate surface area is 99.6 Å². The van der Waals surface area contributed by atoms with Gasteiger partial charge in [0.1, 0.15) is 0 Å². The molecule has 0 saturated heterocycles. The third kappa shape index (κ3) is 1.85. The first kappa shape index (κ1) is 11.2. The van der Waals surface area contributed by atoms with E-state index in [4.69, 9.17) is 0 Å². The maximum absolute atomic E-state index is 10.5. The van der Waals surface area contributed by atoms with Gasteiger partial charge in [0.15, 0.2) is 0 Å². The van der Waals surface area contributed by atoms with Gasteiger partial charge >= 0.3 is 0 Å². The lowest BCUT2D eigenvalue weighted by Gasteiger charge is -2.14. The van der Waals surface area contributed by atoms with Crippen LogP contribution in [-0.4, -0.2) is 5.11 Å². The van der Waals surface area contributed by atoms with Crippen LogP contribution in [0.5, 0.6) is 0 Å². The van der Waals surface area contributed by atoms with Crippen molar-refractivity contribution in [2.75, 3.05) is 0 Å². The number of aliphatic hydroxyl groups is 1. The van der Waals surface area contributed by atoms with Gasteiger partial charge in [0.2, 0.25) is 0 Å². The molecule has 1 aliphatic carbocycles. The Kier molecular flexibility index (Phi) is 2.91. The molecule has 2 unspecified atom stereocenters. The van der Waals surface area contributed by atoms with Crippen molar-refractivity contribution in [2.24, 2.45) is 5.92 Å².